The number of nitro groups is 1. The lowest BCUT2D eigenvalue weighted by Gasteiger charge is -2.12. The molecule has 0 amide bonds. The fourth-order valence-corrected chi connectivity index (χ4v) is 1.04. The maximum Gasteiger partial charge on any atom is 0.272 e. The third-order valence-electron chi connectivity index (χ3n) is 1.80. The van der Waals surface area contributed by atoms with Crippen LogP contribution in [0.3, 0.4) is 0 Å². The average molecular weight is 190 g/mol. The summed E-state index contributed by atoms with van der Waals surface area (Å²) in [7, 11) is 3.61. The molecule has 0 radical (unpaired) electrons. The van der Waals surface area contributed by atoms with Crippen LogP contribution in [0.5, 0.6) is 0 Å². The summed E-state index contributed by atoms with van der Waals surface area (Å²) in [5, 5.41) is 10.6. The average Bonchev–Trinajstić information content (AvgIpc) is 2.16. The third kappa shape index (κ3) is 2.02. The van der Waals surface area contributed by atoms with Crippen LogP contribution in [0.25, 0.3) is 0 Å². The van der Waals surface area contributed by atoms with Crippen LogP contribution in [0.4, 0.5) is 11.4 Å². The van der Waals surface area contributed by atoms with Gasteiger partial charge in [0, 0.05) is 37.5 Å². The predicted molar refractivity (Wildman–Crippen MR) is 55.4 cm³/mol. The van der Waals surface area contributed by atoms with E-state index in [0.29, 0.717) is 5.56 Å². The second-order valence-corrected chi connectivity index (χ2v) is 3.03. The summed E-state index contributed by atoms with van der Waals surface area (Å²) in [6, 6.07) is 4.60. The Labute approximate surface area is 82.3 Å². The van der Waals surface area contributed by atoms with Crippen LogP contribution in [-0.4, -0.2) is 19.0 Å². The topological polar surface area (TPSA) is 46.4 Å². The maximum atomic E-state index is 10.6. The smallest absolute Gasteiger partial charge is 0.272 e. The van der Waals surface area contributed by atoms with E-state index >= 15 is 0 Å². The second kappa shape index (κ2) is 3.79. The molecule has 0 aliphatic rings. The monoisotopic (exact) mass is 190 g/mol. The van der Waals surface area contributed by atoms with Gasteiger partial charge in [-0.2, -0.15) is 0 Å². The van der Waals surface area contributed by atoms with Crippen LogP contribution >= 0.6 is 0 Å². The van der Waals surface area contributed by atoms with E-state index in [-0.39, 0.29) is 5.69 Å². The molecule has 1 rings (SSSR count). The van der Waals surface area contributed by atoms with Gasteiger partial charge in [0.15, 0.2) is 0 Å². The Bertz CT molecular complexity index is 405. The first-order valence-electron chi connectivity index (χ1n) is 3.98. The van der Waals surface area contributed by atoms with Gasteiger partial charge in [-0.1, -0.05) is 5.92 Å². The molecule has 1 aromatic rings. The third-order valence-corrected chi connectivity index (χ3v) is 1.80. The van der Waals surface area contributed by atoms with Crippen molar-refractivity contribution in [2.24, 2.45) is 0 Å². The van der Waals surface area contributed by atoms with E-state index in [4.69, 9.17) is 6.42 Å². The Balaban J connectivity index is 3.29. The highest BCUT2D eigenvalue weighted by atomic mass is 16.6. The van der Waals surface area contributed by atoms with Crippen molar-refractivity contribution < 1.29 is 4.92 Å². The number of nitro benzene ring substituents is 1. The molecular weight excluding hydrogens is 180 g/mol. The summed E-state index contributed by atoms with van der Waals surface area (Å²) < 4.78 is 0. The van der Waals surface area contributed by atoms with E-state index in [2.05, 4.69) is 5.92 Å². The molecule has 0 aliphatic carbocycles. The molecule has 0 saturated carbocycles. The van der Waals surface area contributed by atoms with Crippen LogP contribution in [0.2, 0.25) is 0 Å². The number of benzene rings is 1. The van der Waals surface area contributed by atoms with Crippen molar-refractivity contribution in [1.29, 1.82) is 0 Å². The summed E-state index contributed by atoms with van der Waals surface area (Å²) in [5.74, 6) is 2.39. The van der Waals surface area contributed by atoms with Crippen LogP contribution < -0.4 is 4.90 Å². The Morgan fingerprint density at radius 1 is 1.43 bits per heavy atom. The SMILES string of the molecule is C#Cc1cc(N(C)C)cc([N+](=O)[O-])c1. The van der Waals surface area contributed by atoms with Crippen molar-refractivity contribution in [3.8, 4) is 12.3 Å². The van der Waals surface area contributed by atoms with Gasteiger partial charge in [0.1, 0.15) is 0 Å². The minimum absolute atomic E-state index is 0.0177. The molecule has 4 heteroatoms. The quantitative estimate of drug-likeness (QED) is 0.404. The molecule has 0 aliphatic heterocycles. The van der Waals surface area contributed by atoms with Gasteiger partial charge >= 0.3 is 0 Å². The minimum Gasteiger partial charge on any atom is -0.377 e. The standard InChI is InChI=1S/C10H10N2O2/c1-4-8-5-9(11(2)3)7-10(6-8)12(13)14/h1,5-7H,2-3H3. The van der Waals surface area contributed by atoms with Gasteiger partial charge < -0.3 is 4.90 Å². The molecule has 1 aromatic carbocycles. The molecule has 0 spiro atoms. The van der Waals surface area contributed by atoms with Gasteiger partial charge in [-0.15, -0.1) is 6.42 Å². The second-order valence-electron chi connectivity index (χ2n) is 3.03. The van der Waals surface area contributed by atoms with E-state index in [1.807, 2.05) is 0 Å². The Hall–Kier alpha value is -2.02. The van der Waals surface area contributed by atoms with Crippen molar-refractivity contribution in [3.63, 3.8) is 0 Å². The highest BCUT2D eigenvalue weighted by Gasteiger charge is 2.09. The number of hydrogen-bond donors (Lipinski definition) is 0. The van der Waals surface area contributed by atoms with E-state index in [9.17, 15) is 10.1 Å². The number of nitrogens with zero attached hydrogens (tertiary/aromatic N) is 2. The summed E-state index contributed by atoms with van der Waals surface area (Å²) in [5.41, 5.74) is 1.26. The molecule has 0 saturated heterocycles. The van der Waals surface area contributed by atoms with E-state index in [1.165, 1.54) is 12.1 Å². The van der Waals surface area contributed by atoms with Gasteiger partial charge in [-0.05, 0) is 6.07 Å². The molecule has 72 valence electrons. The van der Waals surface area contributed by atoms with Gasteiger partial charge in [0.25, 0.3) is 5.69 Å². The Kier molecular flexibility index (Phi) is 2.73. The Morgan fingerprint density at radius 2 is 2.07 bits per heavy atom. The van der Waals surface area contributed by atoms with Crippen LogP contribution in [0.1, 0.15) is 5.56 Å². The van der Waals surface area contributed by atoms with Crippen molar-refractivity contribution in [2.75, 3.05) is 19.0 Å². The van der Waals surface area contributed by atoms with Gasteiger partial charge in [0.05, 0.1) is 4.92 Å². The molecule has 0 unspecified atom stereocenters. The number of anilines is 1. The van der Waals surface area contributed by atoms with Gasteiger partial charge in [-0.25, -0.2) is 0 Å². The van der Waals surface area contributed by atoms with Gasteiger partial charge in [0.2, 0.25) is 0 Å². The fraction of sp³-hybridized carbons (Fsp3) is 0.200. The lowest BCUT2D eigenvalue weighted by molar-refractivity contribution is -0.384. The first-order valence-corrected chi connectivity index (χ1v) is 3.98. The highest BCUT2D eigenvalue weighted by molar-refractivity contribution is 5.58. The molecule has 0 heterocycles. The summed E-state index contributed by atoms with van der Waals surface area (Å²) in [6.07, 6.45) is 5.20. The molecule has 0 fully saturated rings. The van der Waals surface area contributed by atoms with Crippen molar-refractivity contribution >= 4 is 11.4 Å². The number of rotatable bonds is 2. The maximum absolute atomic E-state index is 10.6. The van der Waals surface area contributed by atoms with Crippen LogP contribution in [0, 0.1) is 22.5 Å². The van der Waals surface area contributed by atoms with Crippen molar-refractivity contribution in [2.45, 2.75) is 0 Å². The summed E-state index contributed by atoms with van der Waals surface area (Å²) in [6.45, 7) is 0. The summed E-state index contributed by atoms with van der Waals surface area (Å²) >= 11 is 0. The van der Waals surface area contributed by atoms with Crippen LogP contribution in [-0.2, 0) is 0 Å². The molecular formula is C10H10N2O2. The molecule has 4 nitrogen and oxygen atoms in total. The molecule has 0 bridgehead atoms. The zero-order valence-electron chi connectivity index (χ0n) is 8.02. The lowest BCUT2D eigenvalue weighted by atomic mass is 10.2. The summed E-state index contributed by atoms with van der Waals surface area (Å²) in [4.78, 5) is 11.9. The first-order chi connectivity index (χ1) is 6.54. The minimum atomic E-state index is -0.451. The molecule has 0 N–H and O–H groups in total. The largest absolute Gasteiger partial charge is 0.377 e. The molecule has 0 atom stereocenters. The highest BCUT2D eigenvalue weighted by Crippen LogP contribution is 2.21. The van der Waals surface area contributed by atoms with Crippen LogP contribution in [0.15, 0.2) is 18.2 Å². The van der Waals surface area contributed by atoms with Crippen molar-refractivity contribution in [1.82, 2.24) is 0 Å². The number of non-ortho nitro benzene ring substituents is 1. The number of terminal acetylenes is 1. The van der Waals surface area contributed by atoms with E-state index in [0.717, 1.165) is 5.69 Å². The number of hydrogen-bond acceptors (Lipinski definition) is 3. The lowest BCUT2D eigenvalue weighted by Crippen LogP contribution is -2.09. The zero-order chi connectivity index (χ0) is 10.7. The zero-order valence-corrected chi connectivity index (χ0v) is 8.02. The first kappa shape index (κ1) is 10.1. The van der Waals surface area contributed by atoms with Gasteiger partial charge in [-0.3, -0.25) is 10.1 Å². The molecule has 0 aromatic heterocycles. The predicted octanol–water partition coefficient (Wildman–Crippen LogP) is 1.64. The Morgan fingerprint density at radius 3 is 2.50 bits per heavy atom. The van der Waals surface area contributed by atoms with E-state index in [1.54, 1.807) is 25.1 Å². The fourth-order valence-electron chi connectivity index (χ4n) is 1.04. The molecule has 14 heavy (non-hydrogen) atoms. The van der Waals surface area contributed by atoms with E-state index < -0.39 is 4.92 Å². The van der Waals surface area contributed by atoms with Crippen molar-refractivity contribution in [3.05, 3.63) is 33.9 Å². The normalized spacial score (nSPS) is 9.21.